The average Bonchev–Trinajstić information content (AvgIpc) is 2.39. The van der Waals surface area contributed by atoms with Crippen molar-refractivity contribution >= 4 is 0 Å². The van der Waals surface area contributed by atoms with Crippen molar-refractivity contribution in [3.05, 3.63) is 0 Å². The normalized spacial score (nSPS) is 32.0. The maximum Gasteiger partial charge on any atom is 0.0142 e. The van der Waals surface area contributed by atoms with Crippen molar-refractivity contribution in [3.63, 3.8) is 0 Å². The first-order chi connectivity index (χ1) is 8.70. The highest BCUT2D eigenvalue weighted by Crippen LogP contribution is 2.23. The van der Waals surface area contributed by atoms with Gasteiger partial charge >= 0.3 is 0 Å². The zero-order chi connectivity index (χ0) is 13.0. The minimum Gasteiger partial charge on any atom is -0.317 e. The Morgan fingerprint density at radius 1 is 1.22 bits per heavy atom. The molecule has 2 aliphatic heterocycles. The molecule has 0 aliphatic carbocycles. The van der Waals surface area contributed by atoms with Gasteiger partial charge in [0.15, 0.2) is 0 Å². The van der Waals surface area contributed by atoms with Gasteiger partial charge in [-0.15, -0.1) is 0 Å². The Labute approximate surface area is 113 Å². The summed E-state index contributed by atoms with van der Waals surface area (Å²) >= 11 is 0. The van der Waals surface area contributed by atoms with Crippen LogP contribution in [0.3, 0.4) is 0 Å². The van der Waals surface area contributed by atoms with Gasteiger partial charge in [-0.25, -0.2) is 0 Å². The molecule has 2 saturated heterocycles. The molecule has 3 heteroatoms. The zero-order valence-corrected chi connectivity index (χ0v) is 12.5. The molecular formula is C15H31N3. The van der Waals surface area contributed by atoms with Crippen LogP contribution >= 0.6 is 0 Å². The molecule has 0 amide bonds. The van der Waals surface area contributed by atoms with Crippen LogP contribution in [-0.4, -0.2) is 62.2 Å². The molecule has 2 atom stereocenters. The van der Waals surface area contributed by atoms with Crippen molar-refractivity contribution < 1.29 is 0 Å². The van der Waals surface area contributed by atoms with E-state index in [0.717, 1.165) is 17.9 Å². The smallest absolute Gasteiger partial charge is 0.0142 e. The molecule has 3 nitrogen and oxygen atoms in total. The SMILES string of the molecule is CCN1CCC(N(C)CC2CCNCC2)C(C)C1. The van der Waals surface area contributed by atoms with Crippen molar-refractivity contribution in [1.29, 1.82) is 0 Å². The maximum atomic E-state index is 3.46. The number of likely N-dealkylation sites (tertiary alicyclic amines) is 1. The van der Waals surface area contributed by atoms with E-state index in [9.17, 15) is 0 Å². The number of hydrogen-bond donors (Lipinski definition) is 1. The van der Waals surface area contributed by atoms with E-state index in [1.165, 1.54) is 58.5 Å². The van der Waals surface area contributed by atoms with Gasteiger partial charge < -0.3 is 15.1 Å². The minimum atomic E-state index is 0.808. The van der Waals surface area contributed by atoms with E-state index in [2.05, 4.69) is 36.0 Å². The molecule has 1 N–H and O–H groups in total. The summed E-state index contributed by atoms with van der Waals surface area (Å²) in [6.07, 6.45) is 4.09. The summed E-state index contributed by atoms with van der Waals surface area (Å²) in [7, 11) is 2.35. The first-order valence-corrected chi connectivity index (χ1v) is 7.84. The Morgan fingerprint density at radius 3 is 2.56 bits per heavy atom. The van der Waals surface area contributed by atoms with Crippen molar-refractivity contribution in [2.45, 2.75) is 39.2 Å². The molecule has 0 radical (unpaired) electrons. The van der Waals surface area contributed by atoms with E-state index in [4.69, 9.17) is 0 Å². The van der Waals surface area contributed by atoms with Gasteiger partial charge in [0.2, 0.25) is 0 Å². The highest BCUT2D eigenvalue weighted by Gasteiger charge is 2.29. The number of piperidine rings is 2. The van der Waals surface area contributed by atoms with Gasteiger partial charge in [0.05, 0.1) is 0 Å². The monoisotopic (exact) mass is 253 g/mol. The molecule has 0 aromatic heterocycles. The van der Waals surface area contributed by atoms with Crippen LogP contribution in [0, 0.1) is 11.8 Å². The van der Waals surface area contributed by atoms with Gasteiger partial charge in [-0.05, 0) is 64.3 Å². The standard InChI is InChI=1S/C15H31N3/c1-4-18-10-7-15(13(2)11-18)17(3)12-14-5-8-16-9-6-14/h13-16H,4-12H2,1-3H3. The lowest BCUT2D eigenvalue weighted by Gasteiger charge is -2.42. The summed E-state index contributed by atoms with van der Waals surface area (Å²) in [5.41, 5.74) is 0. The molecule has 0 saturated carbocycles. The van der Waals surface area contributed by atoms with E-state index in [-0.39, 0.29) is 0 Å². The molecule has 2 unspecified atom stereocenters. The number of nitrogens with one attached hydrogen (secondary N) is 1. The molecule has 2 heterocycles. The molecule has 2 aliphatic rings. The first kappa shape index (κ1) is 14.3. The van der Waals surface area contributed by atoms with Crippen LogP contribution in [0.15, 0.2) is 0 Å². The zero-order valence-electron chi connectivity index (χ0n) is 12.5. The van der Waals surface area contributed by atoms with Crippen molar-refractivity contribution in [3.8, 4) is 0 Å². The number of hydrogen-bond acceptors (Lipinski definition) is 3. The summed E-state index contributed by atoms with van der Waals surface area (Å²) in [5.74, 6) is 1.75. The molecule has 18 heavy (non-hydrogen) atoms. The molecule has 2 rings (SSSR count). The predicted molar refractivity (Wildman–Crippen MR) is 77.9 cm³/mol. The third kappa shape index (κ3) is 3.69. The minimum absolute atomic E-state index is 0.808. The van der Waals surface area contributed by atoms with E-state index in [0.29, 0.717) is 0 Å². The Bertz CT molecular complexity index is 238. The summed E-state index contributed by atoms with van der Waals surface area (Å²) in [6, 6.07) is 0.808. The van der Waals surface area contributed by atoms with Crippen LogP contribution < -0.4 is 5.32 Å². The summed E-state index contributed by atoms with van der Waals surface area (Å²) in [5, 5.41) is 3.46. The van der Waals surface area contributed by atoms with Crippen molar-refractivity contribution in [2.24, 2.45) is 11.8 Å². The average molecular weight is 253 g/mol. The second kappa shape index (κ2) is 6.88. The quantitative estimate of drug-likeness (QED) is 0.822. The highest BCUT2D eigenvalue weighted by atomic mass is 15.2. The summed E-state index contributed by atoms with van der Waals surface area (Å²) < 4.78 is 0. The van der Waals surface area contributed by atoms with Gasteiger partial charge in [0, 0.05) is 19.1 Å². The molecule has 106 valence electrons. The van der Waals surface area contributed by atoms with Crippen LogP contribution in [0.25, 0.3) is 0 Å². The van der Waals surface area contributed by atoms with Gasteiger partial charge in [-0.1, -0.05) is 13.8 Å². The number of rotatable bonds is 4. The molecule has 0 bridgehead atoms. The third-order valence-corrected chi connectivity index (χ3v) is 4.96. The number of nitrogens with zero attached hydrogens (tertiary/aromatic N) is 2. The Balaban J connectivity index is 1.79. The lowest BCUT2D eigenvalue weighted by Crippen LogP contribution is -2.50. The van der Waals surface area contributed by atoms with Crippen LogP contribution in [0.5, 0.6) is 0 Å². The first-order valence-electron chi connectivity index (χ1n) is 7.84. The Kier molecular flexibility index (Phi) is 5.46. The van der Waals surface area contributed by atoms with E-state index < -0.39 is 0 Å². The molecule has 0 aromatic carbocycles. The van der Waals surface area contributed by atoms with E-state index >= 15 is 0 Å². The van der Waals surface area contributed by atoms with Gasteiger partial charge in [0.25, 0.3) is 0 Å². The van der Waals surface area contributed by atoms with Crippen LogP contribution in [0.4, 0.5) is 0 Å². The summed E-state index contributed by atoms with van der Waals surface area (Å²) in [6.45, 7) is 12.3. The third-order valence-electron chi connectivity index (χ3n) is 4.96. The van der Waals surface area contributed by atoms with Gasteiger partial charge in [-0.3, -0.25) is 0 Å². The topological polar surface area (TPSA) is 18.5 Å². The second-order valence-corrected chi connectivity index (χ2v) is 6.36. The largest absolute Gasteiger partial charge is 0.317 e. The highest BCUT2D eigenvalue weighted by molar-refractivity contribution is 4.84. The lowest BCUT2D eigenvalue weighted by atomic mass is 9.90. The Morgan fingerprint density at radius 2 is 1.94 bits per heavy atom. The second-order valence-electron chi connectivity index (χ2n) is 6.36. The lowest BCUT2D eigenvalue weighted by molar-refractivity contribution is 0.0696. The fourth-order valence-corrected chi connectivity index (χ4v) is 3.77. The van der Waals surface area contributed by atoms with E-state index in [1.807, 2.05) is 0 Å². The molecule has 0 aromatic rings. The van der Waals surface area contributed by atoms with Crippen molar-refractivity contribution in [2.75, 3.05) is 46.3 Å². The van der Waals surface area contributed by atoms with Gasteiger partial charge in [-0.2, -0.15) is 0 Å². The van der Waals surface area contributed by atoms with Crippen LogP contribution in [0.1, 0.15) is 33.1 Å². The van der Waals surface area contributed by atoms with Gasteiger partial charge in [0.1, 0.15) is 0 Å². The maximum absolute atomic E-state index is 3.46. The molecule has 0 spiro atoms. The van der Waals surface area contributed by atoms with E-state index in [1.54, 1.807) is 0 Å². The van der Waals surface area contributed by atoms with Crippen LogP contribution in [-0.2, 0) is 0 Å². The van der Waals surface area contributed by atoms with Crippen molar-refractivity contribution in [1.82, 2.24) is 15.1 Å². The Hall–Kier alpha value is -0.120. The van der Waals surface area contributed by atoms with Crippen LogP contribution in [0.2, 0.25) is 0 Å². The predicted octanol–water partition coefficient (Wildman–Crippen LogP) is 1.65. The summed E-state index contributed by atoms with van der Waals surface area (Å²) in [4.78, 5) is 5.26. The fraction of sp³-hybridized carbons (Fsp3) is 1.00. The molecule has 2 fully saturated rings. The fourth-order valence-electron chi connectivity index (χ4n) is 3.77. The molecular weight excluding hydrogens is 222 g/mol.